The molecule has 110 valence electrons. The van der Waals surface area contributed by atoms with Crippen molar-refractivity contribution < 1.29 is 4.79 Å². The molecule has 0 aromatic rings. The maximum absolute atomic E-state index is 12.0. The monoisotopic (exact) mass is 284 g/mol. The lowest BCUT2D eigenvalue weighted by Gasteiger charge is -2.28. The van der Waals surface area contributed by atoms with Gasteiger partial charge in [-0.2, -0.15) is 11.8 Å². The van der Waals surface area contributed by atoms with Crippen LogP contribution in [0.4, 0.5) is 0 Å². The third-order valence-corrected chi connectivity index (χ3v) is 5.78. The Kier molecular flexibility index (Phi) is 6.51. The van der Waals surface area contributed by atoms with Crippen molar-refractivity contribution in [1.29, 1.82) is 0 Å². The lowest BCUT2D eigenvalue weighted by Crippen LogP contribution is -2.39. The van der Waals surface area contributed by atoms with E-state index in [4.69, 9.17) is 0 Å². The van der Waals surface area contributed by atoms with Crippen molar-refractivity contribution in [3.63, 3.8) is 0 Å². The summed E-state index contributed by atoms with van der Waals surface area (Å²) in [6.45, 7) is 2.98. The van der Waals surface area contributed by atoms with Gasteiger partial charge in [-0.05, 0) is 45.8 Å². The number of carbonyl (C=O) groups is 1. The van der Waals surface area contributed by atoms with E-state index in [0.717, 1.165) is 43.5 Å². The van der Waals surface area contributed by atoms with E-state index in [1.807, 2.05) is 0 Å². The van der Waals surface area contributed by atoms with Gasteiger partial charge in [0, 0.05) is 23.5 Å². The van der Waals surface area contributed by atoms with Crippen LogP contribution in [-0.2, 0) is 4.79 Å². The van der Waals surface area contributed by atoms with Crippen LogP contribution >= 0.6 is 11.8 Å². The molecule has 0 atom stereocenters. The zero-order valence-corrected chi connectivity index (χ0v) is 13.0. The Balaban J connectivity index is 1.53. The molecule has 0 bridgehead atoms. The number of nitrogens with zero attached hydrogens (tertiary/aromatic N) is 1. The van der Waals surface area contributed by atoms with Gasteiger partial charge < -0.3 is 10.2 Å². The zero-order valence-electron chi connectivity index (χ0n) is 12.2. The molecule has 1 N–H and O–H groups in total. The Morgan fingerprint density at radius 2 is 1.84 bits per heavy atom. The molecule has 2 aliphatic rings. The highest BCUT2D eigenvalue weighted by Crippen LogP contribution is 2.27. The van der Waals surface area contributed by atoms with Crippen molar-refractivity contribution in [2.24, 2.45) is 5.92 Å². The molecule has 2 rings (SSSR count). The molecule has 0 unspecified atom stereocenters. The van der Waals surface area contributed by atoms with Crippen molar-refractivity contribution in [1.82, 2.24) is 10.2 Å². The smallest absolute Gasteiger partial charge is 0.223 e. The topological polar surface area (TPSA) is 32.3 Å². The fourth-order valence-electron chi connectivity index (χ4n) is 3.05. The van der Waals surface area contributed by atoms with Gasteiger partial charge in [0.25, 0.3) is 0 Å². The van der Waals surface area contributed by atoms with Crippen molar-refractivity contribution in [3.05, 3.63) is 0 Å². The summed E-state index contributed by atoms with van der Waals surface area (Å²) in [5.74, 6) is 1.64. The molecule has 0 aromatic carbocycles. The van der Waals surface area contributed by atoms with Gasteiger partial charge in [-0.15, -0.1) is 0 Å². The number of hydrogen-bond donors (Lipinski definition) is 1. The summed E-state index contributed by atoms with van der Waals surface area (Å²) < 4.78 is 0. The van der Waals surface area contributed by atoms with Crippen LogP contribution in [-0.4, -0.2) is 48.5 Å². The van der Waals surface area contributed by atoms with Crippen molar-refractivity contribution in [2.75, 3.05) is 32.4 Å². The summed E-state index contributed by atoms with van der Waals surface area (Å²) in [5.41, 5.74) is 0. The molecule has 1 amide bonds. The van der Waals surface area contributed by atoms with E-state index in [1.54, 1.807) is 0 Å². The highest BCUT2D eigenvalue weighted by Gasteiger charge is 2.22. The third-order valence-electron chi connectivity index (χ3n) is 4.40. The molecule has 1 saturated carbocycles. The Hall–Kier alpha value is -0.220. The number of hydrogen-bond acceptors (Lipinski definition) is 3. The SMILES string of the molecule is CN1CCC(C(=O)NCCSC2CCCCC2)CC1. The van der Waals surface area contributed by atoms with Gasteiger partial charge in [0.2, 0.25) is 5.91 Å². The fraction of sp³-hybridized carbons (Fsp3) is 0.933. The molecule has 1 aliphatic carbocycles. The van der Waals surface area contributed by atoms with Crippen molar-refractivity contribution in [2.45, 2.75) is 50.2 Å². The lowest BCUT2D eigenvalue weighted by atomic mass is 9.96. The summed E-state index contributed by atoms with van der Waals surface area (Å²) in [6.07, 6.45) is 9.04. The minimum atomic E-state index is 0.260. The minimum Gasteiger partial charge on any atom is -0.355 e. The molecule has 19 heavy (non-hydrogen) atoms. The molecule has 3 nitrogen and oxygen atoms in total. The Morgan fingerprint density at radius 1 is 1.16 bits per heavy atom. The summed E-state index contributed by atoms with van der Waals surface area (Å²) in [4.78, 5) is 14.3. The van der Waals surface area contributed by atoms with E-state index < -0.39 is 0 Å². The maximum atomic E-state index is 12.0. The van der Waals surface area contributed by atoms with Crippen molar-refractivity contribution >= 4 is 17.7 Å². The maximum Gasteiger partial charge on any atom is 0.223 e. The van der Waals surface area contributed by atoms with Gasteiger partial charge in [-0.1, -0.05) is 19.3 Å². The van der Waals surface area contributed by atoms with E-state index in [0.29, 0.717) is 0 Å². The molecule has 0 aromatic heterocycles. The average Bonchev–Trinajstić information content (AvgIpc) is 2.45. The second kappa shape index (κ2) is 8.15. The standard InChI is InChI=1S/C15H28N2OS/c1-17-10-7-13(8-11-17)15(18)16-9-12-19-14-5-3-2-4-6-14/h13-14H,2-12H2,1H3,(H,16,18). The van der Waals surface area contributed by atoms with Gasteiger partial charge in [-0.25, -0.2) is 0 Å². The summed E-state index contributed by atoms with van der Waals surface area (Å²) >= 11 is 2.06. The van der Waals surface area contributed by atoms with Crippen LogP contribution < -0.4 is 5.32 Å². The second-order valence-electron chi connectivity index (χ2n) is 6.00. The summed E-state index contributed by atoms with van der Waals surface area (Å²) in [7, 11) is 2.13. The van der Waals surface area contributed by atoms with Gasteiger partial charge in [0.05, 0.1) is 0 Å². The summed E-state index contributed by atoms with van der Waals surface area (Å²) in [6, 6.07) is 0. The van der Waals surface area contributed by atoms with Crippen LogP contribution in [0, 0.1) is 5.92 Å². The van der Waals surface area contributed by atoms with E-state index in [2.05, 4.69) is 29.0 Å². The van der Waals surface area contributed by atoms with E-state index in [-0.39, 0.29) is 11.8 Å². The van der Waals surface area contributed by atoms with Gasteiger partial charge in [0.15, 0.2) is 0 Å². The first-order chi connectivity index (χ1) is 9.25. The second-order valence-corrected chi connectivity index (χ2v) is 7.41. The number of nitrogens with one attached hydrogen (secondary N) is 1. The number of amides is 1. The van der Waals surface area contributed by atoms with Crippen molar-refractivity contribution in [3.8, 4) is 0 Å². The third kappa shape index (κ3) is 5.35. The quantitative estimate of drug-likeness (QED) is 0.787. The molecule has 0 spiro atoms. The number of thioether (sulfide) groups is 1. The number of rotatable bonds is 5. The van der Waals surface area contributed by atoms with Crippen LogP contribution in [0.25, 0.3) is 0 Å². The zero-order chi connectivity index (χ0) is 13.5. The highest BCUT2D eigenvalue weighted by molar-refractivity contribution is 7.99. The van der Waals surface area contributed by atoms with Crippen LogP contribution in [0.5, 0.6) is 0 Å². The Morgan fingerprint density at radius 3 is 2.53 bits per heavy atom. The van der Waals surface area contributed by atoms with Gasteiger partial charge in [0.1, 0.15) is 0 Å². The Labute approximate surface area is 121 Å². The minimum absolute atomic E-state index is 0.260. The molecule has 2 fully saturated rings. The molecule has 1 saturated heterocycles. The van der Waals surface area contributed by atoms with Gasteiger partial charge in [-0.3, -0.25) is 4.79 Å². The first kappa shape index (κ1) is 15.2. The summed E-state index contributed by atoms with van der Waals surface area (Å²) in [5, 5.41) is 3.98. The van der Waals surface area contributed by atoms with Crippen LogP contribution in [0.3, 0.4) is 0 Å². The molecule has 0 radical (unpaired) electrons. The fourth-order valence-corrected chi connectivity index (χ4v) is 4.27. The van der Waals surface area contributed by atoms with Crippen LogP contribution in [0.1, 0.15) is 44.9 Å². The lowest BCUT2D eigenvalue weighted by molar-refractivity contribution is -0.126. The highest BCUT2D eigenvalue weighted by atomic mass is 32.2. The molecule has 1 aliphatic heterocycles. The number of carbonyl (C=O) groups excluding carboxylic acids is 1. The predicted molar refractivity (Wildman–Crippen MR) is 82.6 cm³/mol. The average molecular weight is 284 g/mol. The predicted octanol–water partition coefficient (Wildman–Crippen LogP) is 2.51. The first-order valence-electron chi connectivity index (χ1n) is 7.83. The number of piperidine rings is 1. The van der Waals surface area contributed by atoms with E-state index in [1.165, 1.54) is 32.1 Å². The van der Waals surface area contributed by atoms with Crippen LogP contribution in [0.2, 0.25) is 0 Å². The Bertz CT molecular complexity index is 271. The first-order valence-corrected chi connectivity index (χ1v) is 8.88. The molecular formula is C15H28N2OS. The normalized spacial score (nSPS) is 23.4. The van der Waals surface area contributed by atoms with Crippen LogP contribution in [0.15, 0.2) is 0 Å². The van der Waals surface area contributed by atoms with E-state index in [9.17, 15) is 4.79 Å². The van der Waals surface area contributed by atoms with E-state index >= 15 is 0 Å². The van der Waals surface area contributed by atoms with Gasteiger partial charge >= 0.3 is 0 Å². The largest absolute Gasteiger partial charge is 0.355 e. The number of likely N-dealkylation sites (tertiary alicyclic amines) is 1. The molecule has 1 heterocycles. The molecular weight excluding hydrogens is 256 g/mol. The molecule has 4 heteroatoms.